The number of fused-ring (bicyclic) bond motifs is 1. The number of nitrogens with two attached hydrogens (primary N) is 1. The van der Waals surface area contributed by atoms with Crippen molar-refractivity contribution >= 4 is 41.8 Å². The Morgan fingerprint density at radius 1 is 1.03 bits per heavy atom. The third-order valence-electron chi connectivity index (χ3n) is 4.11. The molecule has 0 aromatic heterocycles. The Morgan fingerprint density at radius 2 is 1.60 bits per heavy atom. The van der Waals surface area contributed by atoms with Crippen molar-refractivity contribution < 1.29 is 27.5 Å². The van der Waals surface area contributed by atoms with Crippen LogP contribution < -0.4 is 15.8 Å². The highest BCUT2D eigenvalue weighted by atomic mass is 127. The summed E-state index contributed by atoms with van der Waals surface area (Å²) in [4.78, 5) is 29.7. The van der Waals surface area contributed by atoms with Crippen LogP contribution in [0, 0.1) is 0 Å². The van der Waals surface area contributed by atoms with Crippen molar-refractivity contribution in [3.05, 3.63) is 65.2 Å². The second-order valence-electron chi connectivity index (χ2n) is 6.13. The monoisotopic (exact) mass is 534 g/mol. The van der Waals surface area contributed by atoms with Gasteiger partial charge >= 0.3 is 6.36 Å². The quantitative estimate of drug-likeness (QED) is 0.257. The molecule has 0 aliphatic carbocycles. The van der Waals surface area contributed by atoms with Crippen LogP contribution in [-0.4, -0.2) is 42.1 Å². The number of guanidine groups is 1. The summed E-state index contributed by atoms with van der Waals surface area (Å²) in [6.45, 7) is 0.462. The Morgan fingerprint density at radius 3 is 2.13 bits per heavy atom. The average molecular weight is 534 g/mol. The number of hydrogen-bond donors (Lipinski definition) is 2. The summed E-state index contributed by atoms with van der Waals surface area (Å²) in [5.74, 6) is -0.956. The molecule has 0 saturated carbocycles. The zero-order chi connectivity index (χ0) is 21.0. The summed E-state index contributed by atoms with van der Waals surface area (Å²) in [5.41, 5.74) is 7.12. The topological polar surface area (TPSA) is 97.0 Å². The fourth-order valence-electron chi connectivity index (χ4n) is 2.77. The Balaban J connectivity index is 0.00000320. The molecule has 2 aromatic rings. The van der Waals surface area contributed by atoms with Crippen molar-refractivity contribution in [2.24, 2.45) is 10.7 Å². The number of hydrogen-bond acceptors (Lipinski definition) is 4. The van der Waals surface area contributed by atoms with Crippen LogP contribution in [0.1, 0.15) is 26.3 Å². The third kappa shape index (κ3) is 5.84. The lowest BCUT2D eigenvalue weighted by atomic mass is 10.1. The van der Waals surface area contributed by atoms with E-state index in [4.69, 9.17) is 5.73 Å². The van der Waals surface area contributed by atoms with E-state index in [-0.39, 0.29) is 67.1 Å². The highest BCUT2D eigenvalue weighted by molar-refractivity contribution is 14.0. The summed E-state index contributed by atoms with van der Waals surface area (Å²) in [6, 6.07) is 11.8. The van der Waals surface area contributed by atoms with Gasteiger partial charge in [-0.25, -0.2) is 4.99 Å². The number of carbonyl (C=O) groups excluding carboxylic acids is 2. The summed E-state index contributed by atoms with van der Waals surface area (Å²) >= 11 is 0. The SMILES string of the molecule is I.NC(=NCc1ccc(OC(F)(F)F)cc1)NCCN1C(=O)c2ccccc2C1=O. The van der Waals surface area contributed by atoms with Crippen LogP contribution in [0.5, 0.6) is 5.75 Å². The lowest BCUT2D eigenvalue weighted by Gasteiger charge is -2.14. The van der Waals surface area contributed by atoms with Crippen molar-refractivity contribution in [1.82, 2.24) is 10.2 Å². The van der Waals surface area contributed by atoms with Gasteiger partial charge in [0.05, 0.1) is 17.7 Å². The lowest BCUT2D eigenvalue weighted by molar-refractivity contribution is -0.274. The molecule has 11 heteroatoms. The second kappa shape index (κ2) is 9.78. The van der Waals surface area contributed by atoms with Crippen LogP contribution in [-0.2, 0) is 6.54 Å². The maximum atomic E-state index is 12.2. The summed E-state index contributed by atoms with van der Waals surface area (Å²) in [6.07, 6.45) is -4.74. The number of nitrogens with zero attached hydrogens (tertiary/aromatic N) is 2. The van der Waals surface area contributed by atoms with Gasteiger partial charge in [-0.3, -0.25) is 14.5 Å². The zero-order valence-corrected chi connectivity index (χ0v) is 17.8. The standard InChI is InChI=1S/C19H17F3N4O3.HI/c20-19(21,22)29-13-7-5-12(6-8-13)11-25-18(23)24-9-10-26-16(27)14-3-1-2-4-15(14)17(26)28;/h1-8H,9-11H2,(H3,23,24,25);1H. The van der Waals surface area contributed by atoms with Gasteiger partial charge in [0.2, 0.25) is 0 Å². The number of benzene rings is 2. The first-order valence-corrected chi connectivity index (χ1v) is 8.58. The molecule has 0 fully saturated rings. The molecule has 1 aliphatic rings. The molecule has 30 heavy (non-hydrogen) atoms. The van der Waals surface area contributed by atoms with E-state index in [0.29, 0.717) is 16.7 Å². The predicted molar refractivity (Wildman–Crippen MR) is 114 cm³/mol. The van der Waals surface area contributed by atoms with Gasteiger partial charge < -0.3 is 15.8 Å². The molecule has 1 heterocycles. The number of aliphatic imine (C=N–C) groups is 1. The first-order chi connectivity index (χ1) is 13.7. The molecule has 0 radical (unpaired) electrons. The Kier molecular flexibility index (Phi) is 7.65. The number of rotatable bonds is 6. The lowest BCUT2D eigenvalue weighted by Crippen LogP contribution is -2.40. The minimum absolute atomic E-state index is 0. The van der Waals surface area contributed by atoms with E-state index in [1.165, 1.54) is 24.3 Å². The minimum atomic E-state index is -4.74. The van der Waals surface area contributed by atoms with Crippen molar-refractivity contribution in [2.45, 2.75) is 12.9 Å². The van der Waals surface area contributed by atoms with Gasteiger partial charge in [0, 0.05) is 13.1 Å². The molecule has 0 bridgehead atoms. The van der Waals surface area contributed by atoms with E-state index in [9.17, 15) is 22.8 Å². The number of ether oxygens (including phenoxy) is 1. The molecule has 2 amide bonds. The Bertz CT molecular complexity index is 914. The summed E-state index contributed by atoms with van der Waals surface area (Å²) in [5, 5.41) is 2.80. The van der Waals surface area contributed by atoms with E-state index in [1.807, 2.05) is 0 Å². The fraction of sp³-hybridized carbons (Fsp3) is 0.211. The number of amides is 2. The van der Waals surface area contributed by atoms with Gasteiger partial charge in [-0.15, -0.1) is 37.1 Å². The van der Waals surface area contributed by atoms with Gasteiger partial charge in [0.1, 0.15) is 5.75 Å². The Hall–Kier alpha value is -2.83. The van der Waals surface area contributed by atoms with Gasteiger partial charge in [-0.2, -0.15) is 0 Å². The minimum Gasteiger partial charge on any atom is -0.406 e. The van der Waals surface area contributed by atoms with E-state index in [0.717, 1.165) is 4.90 Å². The van der Waals surface area contributed by atoms with Crippen LogP contribution in [0.25, 0.3) is 0 Å². The molecular formula is C19H18F3IN4O3. The van der Waals surface area contributed by atoms with Crippen LogP contribution in [0.2, 0.25) is 0 Å². The van der Waals surface area contributed by atoms with E-state index in [1.54, 1.807) is 24.3 Å². The molecule has 0 unspecified atom stereocenters. The van der Waals surface area contributed by atoms with E-state index >= 15 is 0 Å². The highest BCUT2D eigenvalue weighted by Gasteiger charge is 2.34. The number of nitrogens with one attached hydrogen (secondary N) is 1. The summed E-state index contributed by atoms with van der Waals surface area (Å²) < 4.78 is 40.2. The smallest absolute Gasteiger partial charge is 0.406 e. The van der Waals surface area contributed by atoms with Crippen molar-refractivity contribution in [1.29, 1.82) is 0 Å². The van der Waals surface area contributed by atoms with Crippen molar-refractivity contribution in [3.63, 3.8) is 0 Å². The molecule has 2 aromatic carbocycles. The van der Waals surface area contributed by atoms with Gasteiger partial charge in [0.25, 0.3) is 11.8 Å². The molecule has 7 nitrogen and oxygen atoms in total. The predicted octanol–water partition coefficient (Wildman–Crippen LogP) is 2.90. The molecule has 160 valence electrons. The summed E-state index contributed by atoms with van der Waals surface area (Å²) in [7, 11) is 0. The first kappa shape index (κ1) is 23.4. The van der Waals surface area contributed by atoms with Crippen molar-refractivity contribution in [2.75, 3.05) is 13.1 Å². The molecular weight excluding hydrogens is 516 g/mol. The van der Waals surface area contributed by atoms with Crippen LogP contribution >= 0.6 is 24.0 Å². The van der Waals surface area contributed by atoms with Gasteiger partial charge in [0.15, 0.2) is 5.96 Å². The second-order valence-corrected chi connectivity index (χ2v) is 6.13. The first-order valence-electron chi connectivity index (χ1n) is 8.58. The highest BCUT2D eigenvalue weighted by Crippen LogP contribution is 2.23. The normalized spacial score (nSPS) is 13.7. The van der Waals surface area contributed by atoms with Gasteiger partial charge in [-0.05, 0) is 29.8 Å². The third-order valence-corrected chi connectivity index (χ3v) is 4.11. The molecule has 0 saturated heterocycles. The molecule has 1 aliphatic heterocycles. The van der Waals surface area contributed by atoms with Gasteiger partial charge in [-0.1, -0.05) is 24.3 Å². The number of carbonyl (C=O) groups is 2. The Labute approximate surface area is 187 Å². The molecule has 3 N–H and O–H groups in total. The number of alkyl halides is 3. The number of imide groups is 1. The van der Waals surface area contributed by atoms with Crippen LogP contribution in [0.3, 0.4) is 0 Å². The maximum absolute atomic E-state index is 12.2. The van der Waals surface area contributed by atoms with Crippen LogP contribution in [0.15, 0.2) is 53.5 Å². The number of halogens is 4. The van der Waals surface area contributed by atoms with E-state index < -0.39 is 6.36 Å². The molecule has 0 atom stereocenters. The molecule has 0 spiro atoms. The van der Waals surface area contributed by atoms with Crippen molar-refractivity contribution in [3.8, 4) is 5.75 Å². The van der Waals surface area contributed by atoms with E-state index in [2.05, 4.69) is 15.0 Å². The largest absolute Gasteiger partial charge is 0.573 e. The zero-order valence-electron chi connectivity index (χ0n) is 15.5. The molecule has 3 rings (SSSR count). The fourth-order valence-corrected chi connectivity index (χ4v) is 2.77. The van der Waals surface area contributed by atoms with Crippen LogP contribution in [0.4, 0.5) is 13.2 Å². The maximum Gasteiger partial charge on any atom is 0.573 e. The average Bonchev–Trinajstić information content (AvgIpc) is 2.91.